The Labute approximate surface area is 207 Å². The lowest BCUT2D eigenvalue weighted by molar-refractivity contribution is -0.143. The number of hydrogen-bond donors (Lipinski definition) is 3. The van der Waals surface area contributed by atoms with E-state index < -0.39 is 28.9 Å². The number of allylic oxidation sites excluding steroid dienone is 2. The van der Waals surface area contributed by atoms with Crippen molar-refractivity contribution in [2.45, 2.75) is 51.2 Å². The molecule has 35 heavy (non-hydrogen) atoms. The van der Waals surface area contributed by atoms with E-state index in [9.17, 15) is 29.3 Å². The van der Waals surface area contributed by atoms with Crippen LogP contribution in [0.4, 0.5) is 4.39 Å². The molecular weight excluding hydrogens is 477 g/mol. The molecule has 1 heterocycles. The van der Waals surface area contributed by atoms with Crippen LogP contribution in [-0.2, 0) is 22.6 Å². The molecule has 3 N–H and O–H groups in total. The number of carboxylic acid groups (broad SMARTS) is 2. The molecule has 2 aliphatic rings. The first-order valence-electron chi connectivity index (χ1n) is 11.3. The SMILES string of the molecule is CC1(CCl)C(C(=O)O)=CC(Cc2ccc(F)cc2)=CC1C(=O)O.OC1(Cn2cncn2)CCCC1. The average molecular weight is 506 g/mol. The van der Waals surface area contributed by atoms with Crippen LogP contribution in [0.25, 0.3) is 0 Å². The van der Waals surface area contributed by atoms with Gasteiger partial charge < -0.3 is 15.3 Å². The van der Waals surface area contributed by atoms with Crippen LogP contribution in [0.2, 0.25) is 0 Å². The van der Waals surface area contributed by atoms with Gasteiger partial charge in [-0.25, -0.2) is 14.2 Å². The normalized spacial score (nSPS) is 23.0. The van der Waals surface area contributed by atoms with E-state index in [0.717, 1.165) is 31.2 Å². The van der Waals surface area contributed by atoms with Crippen LogP contribution in [0.5, 0.6) is 0 Å². The number of aromatic nitrogens is 3. The second kappa shape index (κ2) is 11.1. The Morgan fingerprint density at radius 2 is 1.86 bits per heavy atom. The number of alkyl halides is 1. The molecule has 10 heteroatoms. The molecule has 0 radical (unpaired) electrons. The van der Waals surface area contributed by atoms with Crippen LogP contribution in [0.15, 0.2) is 60.2 Å². The lowest BCUT2D eigenvalue weighted by Crippen LogP contribution is -2.40. The first-order chi connectivity index (χ1) is 16.6. The van der Waals surface area contributed by atoms with Crippen LogP contribution < -0.4 is 0 Å². The largest absolute Gasteiger partial charge is 0.481 e. The van der Waals surface area contributed by atoms with Crippen molar-refractivity contribution < 1.29 is 29.3 Å². The van der Waals surface area contributed by atoms with E-state index in [2.05, 4.69) is 10.1 Å². The van der Waals surface area contributed by atoms with E-state index in [-0.39, 0.29) is 17.3 Å². The number of aliphatic carboxylic acids is 2. The van der Waals surface area contributed by atoms with E-state index >= 15 is 0 Å². The van der Waals surface area contributed by atoms with Gasteiger partial charge in [-0.15, -0.1) is 11.6 Å². The molecule has 4 rings (SSSR count). The second-order valence-corrected chi connectivity index (χ2v) is 9.57. The molecule has 0 amide bonds. The Kier molecular flexibility index (Phi) is 8.45. The number of halogens is 2. The fraction of sp³-hybridized carbons (Fsp3) is 0.440. The summed E-state index contributed by atoms with van der Waals surface area (Å²) >= 11 is 5.89. The summed E-state index contributed by atoms with van der Waals surface area (Å²) in [6, 6.07) is 5.77. The molecule has 0 aliphatic heterocycles. The summed E-state index contributed by atoms with van der Waals surface area (Å²) in [6.07, 6.45) is 10.5. The van der Waals surface area contributed by atoms with Gasteiger partial charge in [0.15, 0.2) is 0 Å². The highest BCUT2D eigenvalue weighted by molar-refractivity contribution is 6.19. The van der Waals surface area contributed by atoms with Gasteiger partial charge >= 0.3 is 11.9 Å². The van der Waals surface area contributed by atoms with Crippen molar-refractivity contribution in [1.29, 1.82) is 0 Å². The van der Waals surface area contributed by atoms with Crippen molar-refractivity contribution >= 4 is 23.5 Å². The van der Waals surface area contributed by atoms with Crippen molar-refractivity contribution in [3.63, 3.8) is 0 Å². The fourth-order valence-corrected chi connectivity index (χ4v) is 4.83. The van der Waals surface area contributed by atoms with E-state index in [1.807, 2.05) is 0 Å². The third kappa shape index (κ3) is 6.55. The van der Waals surface area contributed by atoms with Crippen LogP contribution in [0, 0.1) is 17.2 Å². The highest BCUT2D eigenvalue weighted by Crippen LogP contribution is 2.43. The minimum absolute atomic E-state index is 0.0282. The molecule has 188 valence electrons. The van der Waals surface area contributed by atoms with E-state index in [0.29, 0.717) is 18.5 Å². The third-order valence-corrected chi connectivity index (χ3v) is 7.12. The van der Waals surface area contributed by atoms with Crippen LogP contribution >= 0.6 is 11.6 Å². The van der Waals surface area contributed by atoms with Gasteiger partial charge in [0.2, 0.25) is 0 Å². The van der Waals surface area contributed by atoms with E-state index in [4.69, 9.17) is 11.6 Å². The molecule has 2 aliphatic carbocycles. The number of carbonyl (C=O) groups is 2. The molecule has 2 atom stereocenters. The Hall–Kier alpha value is -3.04. The van der Waals surface area contributed by atoms with Gasteiger partial charge in [0.05, 0.1) is 18.1 Å². The summed E-state index contributed by atoms with van der Waals surface area (Å²) in [5, 5.41) is 32.8. The minimum atomic E-state index is -1.19. The van der Waals surface area contributed by atoms with Crippen LogP contribution in [0.3, 0.4) is 0 Å². The molecule has 1 aromatic heterocycles. The lowest BCUT2D eigenvalue weighted by Gasteiger charge is -2.36. The number of hydrogen-bond acceptors (Lipinski definition) is 5. The zero-order chi connectivity index (χ0) is 25.6. The smallest absolute Gasteiger partial charge is 0.332 e. The molecular formula is C25H29ClFN3O5. The Morgan fingerprint density at radius 3 is 2.37 bits per heavy atom. The topological polar surface area (TPSA) is 126 Å². The molecule has 1 aromatic carbocycles. The van der Waals surface area contributed by atoms with Gasteiger partial charge in [0.1, 0.15) is 18.5 Å². The van der Waals surface area contributed by atoms with Gasteiger partial charge in [-0.2, -0.15) is 5.10 Å². The molecule has 2 aromatic rings. The monoisotopic (exact) mass is 505 g/mol. The predicted octanol–water partition coefficient (Wildman–Crippen LogP) is 3.85. The minimum Gasteiger partial charge on any atom is -0.481 e. The van der Waals surface area contributed by atoms with Gasteiger partial charge in [-0.1, -0.05) is 38.0 Å². The van der Waals surface area contributed by atoms with Crippen LogP contribution in [-0.4, -0.2) is 53.5 Å². The number of carboxylic acids is 2. The van der Waals surface area contributed by atoms with Gasteiger partial charge in [0, 0.05) is 16.9 Å². The maximum absolute atomic E-state index is 13.0. The average Bonchev–Trinajstić information content (AvgIpc) is 3.48. The molecule has 1 fully saturated rings. The Bertz CT molecular complexity index is 1090. The molecule has 0 bridgehead atoms. The summed E-state index contributed by atoms with van der Waals surface area (Å²) in [7, 11) is 0. The highest BCUT2D eigenvalue weighted by atomic mass is 35.5. The molecule has 0 spiro atoms. The summed E-state index contributed by atoms with van der Waals surface area (Å²) in [5.74, 6) is -3.85. The van der Waals surface area contributed by atoms with Crippen LogP contribution in [0.1, 0.15) is 38.2 Å². The highest BCUT2D eigenvalue weighted by Gasteiger charge is 2.45. The van der Waals surface area contributed by atoms with E-state index in [1.54, 1.807) is 23.1 Å². The quantitative estimate of drug-likeness (QED) is 0.488. The maximum Gasteiger partial charge on any atom is 0.332 e. The molecule has 2 unspecified atom stereocenters. The fourth-order valence-electron chi connectivity index (χ4n) is 4.52. The summed E-state index contributed by atoms with van der Waals surface area (Å²) in [5.41, 5.74) is -0.417. The van der Waals surface area contributed by atoms with Crippen molar-refractivity contribution in [1.82, 2.24) is 14.8 Å². The lowest BCUT2D eigenvalue weighted by atomic mass is 9.68. The molecule has 8 nitrogen and oxygen atoms in total. The number of rotatable bonds is 7. The van der Waals surface area contributed by atoms with Gasteiger partial charge in [0.25, 0.3) is 0 Å². The molecule has 1 saturated carbocycles. The zero-order valence-electron chi connectivity index (χ0n) is 19.4. The molecule has 0 saturated heterocycles. The standard InChI is InChI=1S/C17H16ClFO4.C8H13N3O/c1-17(9-18)13(15(20)21)7-11(8-14(17)16(22)23)6-10-2-4-12(19)5-3-10;12-8(3-1-2-4-8)5-11-7-9-6-10-11/h2-5,7-8,13H,6,9H2,1H3,(H,20,21)(H,22,23);6-7,12H,1-5H2. The second-order valence-electron chi connectivity index (χ2n) is 9.30. The van der Waals surface area contributed by atoms with Gasteiger partial charge in [-0.3, -0.25) is 9.48 Å². The van der Waals surface area contributed by atoms with Crippen molar-refractivity contribution in [3.8, 4) is 0 Å². The summed E-state index contributed by atoms with van der Waals surface area (Å²) in [4.78, 5) is 26.9. The van der Waals surface area contributed by atoms with E-state index in [1.165, 1.54) is 37.5 Å². The third-order valence-electron chi connectivity index (χ3n) is 6.56. The predicted molar refractivity (Wildman–Crippen MR) is 127 cm³/mol. The van der Waals surface area contributed by atoms with Crippen molar-refractivity contribution in [2.24, 2.45) is 11.3 Å². The zero-order valence-corrected chi connectivity index (χ0v) is 20.2. The summed E-state index contributed by atoms with van der Waals surface area (Å²) in [6.45, 7) is 2.12. The first-order valence-corrected chi connectivity index (χ1v) is 11.8. The van der Waals surface area contributed by atoms with Crippen molar-refractivity contribution in [2.75, 3.05) is 5.88 Å². The number of aliphatic hydroxyl groups is 1. The Balaban J connectivity index is 0.000000237. The maximum atomic E-state index is 13.0. The Morgan fingerprint density at radius 1 is 1.20 bits per heavy atom. The summed E-state index contributed by atoms with van der Waals surface area (Å²) < 4.78 is 14.7. The van der Waals surface area contributed by atoms with Gasteiger partial charge in [-0.05, 0) is 48.6 Å². The first kappa shape index (κ1) is 26.6. The van der Waals surface area contributed by atoms with Crippen molar-refractivity contribution in [3.05, 3.63) is 71.6 Å². The number of nitrogens with zero attached hydrogens (tertiary/aromatic N) is 3. The number of benzene rings is 1.